The summed E-state index contributed by atoms with van der Waals surface area (Å²) in [7, 11) is 1.83. The molecule has 1 aliphatic heterocycles. The molecule has 0 radical (unpaired) electrons. The molecule has 7 heteroatoms. The van der Waals surface area contributed by atoms with Crippen molar-refractivity contribution in [3.8, 4) is 11.5 Å². The summed E-state index contributed by atoms with van der Waals surface area (Å²) in [6, 6.07) is 10.6. The van der Waals surface area contributed by atoms with E-state index in [0.29, 0.717) is 41.7 Å². The third-order valence-electron chi connectivity index (χ3n) is 4.58. The maximum absolute atomic E-state index is 13.8. The number of rotatable bonds is 4. The van der Waals surface area contributed by atoms with E-state index in [1.807, 2.05) is 7.05 Å². The van der Waals surface area contributed by atoms with Crippen LogP contribution in [0.15, 0.2) is 54.9 Å². The number of hydrogen-bond acceptors (Lipinski definition) is 4. The number of imidazole rings is 1. The summed E-state index contributed by atoms with van der Waals surface area (Å²) in [6.45, 7) is 1.12. The Morgan fingerprint density at radius 1 is 1.18 bits per heavy atom. The van der Waals surface area contributed by atoms with Gasteiger partial charge in [-0.15, -0.1) is 0 Å². The molecule has 0 spiro atoms. The van der Waals surface area contributed by atoms with Gasteiger partial charge < -0.3 is 19.4 Å². The summed E-state index contributed by atoms with van der Waals surface area (Å²) in [5.74, 6) is 1.09. The monoisotopic (exact) mass is 381 g/mol. The predicted molar refractivity (Wildman–Crippen MR) is 101 cm³/mol. The fraction of sp³-hybridized carbons (Fsp3) is 0.238. The van der Waals surface area contributed by atoms with Crippen LogP contribution in [0.1, 0.15) is 34.2 Å². The van der Waals surface area contributed by atoms with Crippen LogP contribution >= 0.6 is 0 Å². The Kier molecular flexibility index (Phi) is 4.97. The number of fused-ring (bicyclic) bond motifs is 1. The van der Waals surface area contributed by atoms with Gasteiger partial charge in [-0.1, -0.05) is 12.1 Å². The number of aromatic nitrogens is 2. The SMILES string of the molecule is Cn1ccnc1[C@H](NC(=O)c1ccc2c(c1)OCCCO2)c1cccc(F)c1. The van der Waals surface area contributed by atoms with Gasteiger partial charge in [-0.2, -0.15) is 0 Å². The first-order valence-corrected chi connectivity index (χ1v) is 9.05. The molecule has 0 unspecified atom stereocenters. The van der Waals surface area contributed by atoms with Crippen molar-refractivity contribution >= 4 is 5.91 Å². The molecule has 4 rings (SSSR count). The Hall–Kier alpha value is -3.35. The molecule has 1 aliphatic rings. The lowest BCUT2D eigenvalue weighted by molar-refractivity contribution is 0.0940. The fourth-order valence-electron chi connectivity index (χ4n) is 3.16. The van der Waals surface area contributed by atoms with Gasteiger partial charge in [0.25, 0.3) is 5.91 Å². The third kappa shape index (κ3) is 3.69. The Bertz CT molecular complexity index is 1000. The molecule has 1 amide bonds. The highest BCUT2D eigenvalue weighted by atomic mass is 19.1. The molecule has 0 bridgehead atoms. The molecule has 3 aromatic rings. The number of halogens is 1. The number of amides is 1. The van der Waals surface area contributed by atoms with Gasteiger partial charge in [0.15, 0.2) is 11.5 Å². The molecule has 144 valence electrons. The number of ether oxygens (including phenoxy) is 2. The maximum Gasteiger partial charge on any atom is 0.252 e. The van der Waals surface area contributed by atoms with Crippen LogP contribution in [-0.2, 0) is 7.05 Å². The van der Waals surface area contributed by atoms with E-state index in [0.717, 1.165) is 6.42 Å². The number of aryl methyl sites for hydroxylation is 1. The van der Waals surface area contributed by atoms with E-state index in [1.165, 1.54) is 12.1 Å². The molecule has 1 aromatic heterocycles. The van der Waals surface area contributed by atoms with Crippen molar-refractivity contribution in [1.29, 1.82) is 0 Å². The first-order chi connectivity index (χ1) is 13.6. The van der Waals surface area contributed by atoms with Gasteiger partial charge in [-0.25, -0.2) is 9.37 Å². The molecule has 1 N–H and O–H groups in total. The number of carbonyl (C=O) groups excluding carboxylic acids is 1. The normalized spacial score (nSPS) is 14.2. The zero-order chi connectivity index (χ0) is 19.5. The molecule has 2 aromatic carbocycles. The van der Waals surface area contributed by atoms with Crippen molar-refractivity contribution in [2.24, 2.45) is 7.05 Å². The van der Waals surface area contributed by atoms with Gasteiger partial charge in [0.05, 0.1) is 13.2 Å². The average molecular weight is 381 g/mol. The molecule has 0 saturated heterocycles. The van der Waals surface area contributed by atoms with Crippen LogP contribution in [0.3, 0.4) is 0 Å². The Balaban J connectivity index is 1.64. The topological polar surface area (TPSA) is 65.4 Å². The smallest absolute Gasteiger partial charge is 0.252 e. The summed E-state index contributed by atoms with van der Waals surface area (Å²) < 4.78 is 26.9. The summed E-state index contributed by atoms with van der Waals surface area (Å²) in [6.07, 6.45) is 4.21. The molecular formula is C21H20FN3O3. The molecule has 1 atom stereocenters. The highest BCUT2D eigenvalue weighted by Gasteiger charge is 2.23. The van der Waals surface area contributed by atoms with E-state index in [2.05, 4.69) is 10.3 Å². The van der Waals surface area contributed by atoms with Crippen molar-refractivity contribution in [1.82, 2.24) is 14.9 Å². The standard InChI is InChI=1S/C21H20FN3O3/c1-25-9-8-23-20(25)19(14-4-2-5-16(22)12-14)24-21(26)15-6-7-17-18(13-15)28-11-3-10-27-17/h2,4-9,12-13,19H,3,10-11H2,1H3,(H,24,26)/t19-/m1/s1. The second-order valence-corrected chi connectivity index (χ2v) is 6.57. The predicted octanol–water partition coefficient (Wildman–Crippen LogP) is 3.24. The molecule has 2 heterocycles. The summed E-state index contributed by atoms with van der Waals surface area (Å²) in [5, 5.41) is 2.96. The van der Waals surface area contributed by atoms with Gasteiger partial charge in [0, 0.05) is 31.4 Å². The van der Waals surface area contributed by atoms with Crippen LogP contribution in [0.5, 0.6) is 11.5 Å². The molecule has 0 aliphatic carbocycles. The van der Waals surface area contributed by atoms with Crippen LogP contribution in [0.2, 0.25) is 0 Å². The van der Waals surface area contributed by atoms with Crippen LogP contribution in [0.4, 0.5) is 4.39 Å². The van der Waals surface area contributed by atoms with Crippen LogP contribution < -0.4 is 14.8 Å². The molecule has 28 heavy (non-hydrogen) atoms. The van der Waals surface area contributed by atoms with Crippen molar-refractivity contribution in [3.63, 3.8) is 0 Å². The zero-order valence-electron chi connectivity index (χ0n) is 15.4. The Morgan fingerprint density at radius 2 is 2.00 bits per heavy atom. The summed E-state index contributed by atoms with van der Waals surface area (Å²) >= 11 is 0. The quantitative estimate of drug-likeness (QED) is 0.754. The minimum absolute atomic E-state index is 0.312. The van der Waals surface area contributed by atoms with E-state index in [-0.39, 0.29) is 11.7 Å². The second kappa shape index (κ2) is 7.72. The van der Waals surface area contributed by atoms with Gasteiger partial charge in [0.2, 0.25) is 0 Å². The minimum atomic E-state index is -0.598. The molecule has 6 nitrogen and oxygen atoms in total. The van der Waals surface area contributed by atoms with Gasteiger partial charge >= 0.3 is 0 Å². The van der Waals surface area contributed by atoms with E-state index in [4.69, 9.17) is 9.47 Å². The summed E-state index contributed by atoms with van der Waals surface area (Å²) in [5.41, 5.74) is 1.04. The van der Waals surface area contributed by atoms with Crippen molar-refractivity contribution < 1.29 is 18.7 Å². The lowest BCUT2D eigenvalue weighted by Gasteiger charge is -2.19. The second-order valence-electron chi connectivity index (χ2n) is 6.57. The van der Waals surface area contributed by atoms with E-state index >= 15 is 0 Å². The number of nitrogens with zero attached hydrogens (tertiary/aromatic N) is 2. The van der Waals surface area contributed by atoms with Crippen LogP contribution in [-0.4, -0.2) is 28.7 Å². The fourth-order valence-corrected chi connectivity index (χ4v) is 3.16. The number of benzene rings is 2. The Labute approximate surface area is 161 Å². The van der Waals surface area contributed by atoms with Gasteiger partial charge in [0.1, 0.15) is 17.7 Å². The molecule has 0 fully saturated rings. The van der Waals surface area contributed by atoms with Gasteiger partial charge in [-0.05, 0) is 35.9 Å². The maximum atomic E-state index is 13.8. The minimum Gasteiger partial charge on any atom is -0.490 e. The molecule has 0 saturated carbocycles. The highest BCUT2D eigenvalue weighted by Crippen LogP contribution is 2.31. The van der Waals surface area contributed by atoms with Crippen LogP contribution in [0.25, 0.3) is 0 Å². The van der Waals surface area contributed by atoms with Crippen LogP contribution in [0, 0.1) is 5.82 Å². The average Bonchev–Trinajstić information content (AvgIpc) is 2.98. The van der Waals surface area contributed by atoms with E-state index in [1.54, 1.807) is 47.3 Å². The number of carbonyl (C=O) groups is 1. The number of nitrogens with one attached hydrogen (secondary N) is 1. The van der Waals surface area contributed by atoms with E-state index in [9.17, 15) is 9.18 Å². The largest absolute Gasteiger partial charge is 0.490 e. The zero-order valence-corrected chi connectivity index (χ0v) is 15.4. The molecular weight excluding hydrogens is 361 g/mol. The van der Waals surface area contributed by atoms with Gasteiger partial charge in [-0.3, -0.25) is 4.79 Å². The van der Waals surface area contributed by atoms with Crippen molar-refractivity contribution in [3.05, 3.63) is 77.6 Å². The number of hydrogen-bond donors (Lipinski definition) is 1. The van der Waals surface area contributed by atoms with Crippen molar-refractivity contribution in [2.75, 3.05) is 13.2 Å². The highest BCUT2D eigenvalue weighted by molar-refractivity contribution is 5.95. The first kappa shape index (κ1) is 18.0. The third-order valence-corrected chi connectivity index (χ3v) is 4.58. The van der Waals surface area contributed by atoms with E-state index < -0.39 is 6.04 Å². The summed E-state index contributed by atoms with van der Waals surface area (Å²) in [4.78, 5) is 17.3. The lowest BCUT2D eigenvalue weighted by atomic mass is 10.0. The van der Waals surface area contributed by atoms with Crippen molar-refractivity contribution in [2.45, 2.75) is 12.5 Å². The Morgan fingerprint density at radius 3 is 2.75 bits per heavy atom. The lowest BCUT2D eigenvalue weighted by Crippen LogP contribution is -2.31. The first-order valence-electron chi connectivity index (χ1n) is 9.05.